The van der Waals surface area contributed by atoms with Crippen LogP contribution in [0.5, 0.6) is 0 Å². The van der Waals surface area contributed by atoms with Crippen LogP contribution in [-0.4, -0.2) is 44.6 Å². The van der Waals surface area contributed by atoms with Crippen molar-refractivity contribution >= 4 is 11.6 Å². The van der Waals surface area contributed by atoms with Crippen molar-refractivity contribution in [3.63, 3.8) is 0 Å². The van der Waals surface area contributed by atoms with Crippen molar-refractivity contribution in [2.75, 3.05) is 11.9 Å². The molecule has 1 fully saturated rings. The quantitative estimate of drug-likeness (QED) is 0.454. The molecule has 4 atom stereocenters. The Bertz CT molecular complexity index is 1250. The van der Waals surface area contributed by atoms with E-state index in [9.17, 15) is 27.5 Å². The summed E-state index contributed by atoms with van der Waals surface area (Å²) in [6.07, 6.45) is -0.934. The Morgan fingerprint density at radius 3 is 2.58 bits per heavy atom. The Hall–Kier alpha value is -3.35. The minimum Gasteiger partial charge on any atom is -0.389 e. The number of hydrogen-bond acceptors (Lipinski definition) is 6. The van der Waals surface area contributed by atoms with Gasteiger partial charge in [0.15, 0.2) is 0 Å². The molecule has 1 aliphatic heterocycles. The van der Waals surface area contributed by atoms with Crippen LogP contribution >= 0.6 is 0 Å². The molecule has 36 heavy (non-hydrogen) atoms. The molecule has 1 saturated heterocycles. The molecule has 2 aromatic heterocycles. The van der Waals surface area contributed by atoms with Crippen LogP contribution in [0.2, 0.25) is 0 Å². The Balaban J connectivity index is 1.63. The predicted octanol–water partition coefficient (Wildman–Crippen LogP) is 3.72. The third-order valence-electron chi connectivity index (χ3n) is 6.08. The molecule has 1 aliphatic rings. The van der Waals surface area contributed by atoms with E-state index in [4.69, 9.17) is 10.5 Å². The van der Waals surface area contributed by atoms with E-state index in [1.54, 1.807) is 7.05 Å². The van der Waals surface area contributed by atoms with E-state index in [1.807, 2.05) is 0 Å². The van der Waals surface area contributed by atoms with Gasteiger partial charge >= 0.3 is 0 Å². The fraction of sp³-hybridized carbons (Fsp3) is 0.375. The number of nitrogens with two attached hydrogens (primary N) is 1. The number of ether oxygens (including phenoxy) is 1. The number of hydrogen-bond donors (Lipinski definition) is 3. The van der Waals surface area contributed by atoms with E-state index >= 15 is 0 Å². The topological polar surface area (TPSA) is 115 Å². The molecule has 192 valence electrons. The Labute approximate surface area is 204 Å². The van der Waals surface area contributed by atoms with Gasteiger partial charge in [-0.2, -0.15) is 5.10 Å². The molecule has 1 aromatic carbocycles. The lowest BCUT2D eigenvalue weighted by Crippen LogP contribution is -2.32. The molecule has 0 saturated carbocycles. The second-order valence-electron chi connectivity index (χ2n) is 8.66. The maximum Gasteiger partial charge on any atom is 0.274 e. The third-order valence-corrected chi connectivity index (χ3v) is 6.08. The van der Waals surface area contributed by atoms with Gasteiger partial charge in [-0.25, -0.2) is 22.5 Å². The summed E-state index contributed by atoms with van der Waals surface area (Å²) in [7, 11) is 1.63. The number of amides is 1. The first-order chi connectivity index (χ1) is 17.1. The van der Waals surface area contributed by atoms with Crippen molar-refractivity contribution in [3.05, 3.63) is 64.9 Å². The first-order valence-corrected chi connectivity index (χ1v) is 11.2. The van der Waals surface area contributed by atoms with Crippen molar-refractivity contribution < 1.29 is 32.2 Å². The highest BCUT2D eigenvalue weighted by molar-refractivity contribution is 6.03. The summed E-state index contributed by atoms with van der Waals surface area (Å²) in [6.45, 7) is 1.12. The zero-order valence-electron chi connectivity index (χ0n) is 19.5. The molecule has 3 aromatic rings. The summed E-state index contributed by atoms with van der Waals surface area (Å²) < 4.78 is 64.9. The fourth-order valence-electron chi connectivity index (χ4n) is 4.07. The molecule has 3 heterocycles. The number of pyridine rings is 1. The van der Waals surface area contributed by atoms with E-state index in [1.165, 1.54) is 17.8 Å². The normalized spacial score (nSPS) is 21.2. The molecule has 8 nitrogen and oxygen atoms in total. The highest BCUT2D eigenvalue weighted by atomic mass is 19.1. The smallest absolute Gasteiger partial charge is 0.274 e. The summed E-state index contributed by atoms with van der Waals surface area (Å²) in [5.41, 5.74) is 4.71. The zero-order valence-corrected chi connectivity index (χ0v) is 19.5. The number of aliphatic hydroxyl groups excluding tert-OH is 1. The number of carbonyl (C=O) groups is 1. The number of aromatic nitrogens is 3. The van der Waals surface area contributed by atoms with E-state index < -0.39 is 59.0 Å². The van der Waals surface area contributed by atoms with E-state index in [2.05, 4.69) is 15.4 Å². The number of alkyl halides is 1. The lowest BCUT2D eigenvalue weighted by atomic mass is 10.0. The van der Waals surface area contributed by atoms with Crippen LogP contribution in [0.3, 0.4) is 0 Å². The molecular weight excluding hydrogens is 482 g/mol. The average Bonchev–Trinajstić information content (AvgIpc) is 3.09. The number of anilines is 1. The van der Waals surface area contributed by atoms with Crippen LogP contribution in [0.15, 0.2) is 30.5 Å². The molecule has 12 heteroatoms. The van der Waals surface area contributed by atoms with Gasteiger partial charge in [-0.05, 0) is 49.6 Å². The molecule has 0 radical (unpaired) electrons. The van der Waals surface area contributed by atoms with Crippen LogP contribution in [0.4, 0.5) is 23.2 Å². The lowest BCUT2D eigenvalue weighted by molar-refractivity contribution is 0.0247. The minimum absolute atomic E-state index is 0.0343. The summed E-state index contributed by atoms with van der Waals surface area (Å²) in [4.78, 5) is 16.8. The van der Waals surface area contributed by atoms with Crippen molar-refractivity contribution in [2.45, 2.75) is 44.2 Å². The van der Waals surface area contributed by atoms with Crippen LogP contribution in [0, 0.1) is 17.5 Å². The predicted molar refractivity (Wildman–Crippen MR) is 122 cm³/mol. The molecule has 0 aliphatic carbocycles. The van der Waals surface area contributed by atoms with Gasteiger partial charge in [0.25, 0.3) is 5.91 Å². The van der Waals surface area contributed by atoms with Gasteiger partial charge in [-0.15, -0.1) is 0 Å². The number of nitrogens with one attached hydrogen (secondary N) is 1. The third kappa shape index (κ3) is 5.11. The van der Waals surface area contributed by atoms with Gasteiger partial charge in [-0.3, -0.25) is 9.48 Å². The first kappa shape index (κ1) is 25.7. The standard InChI is InChI=1S/C24H25F4N5O3/c1-11(34)12-7-14(26)21(15(27)8-12)22-13(25)3-5-18(31-22)24(35)32-19-9-30-33(2)23(19)20-6-4-17(29)16(28)10-36-20/h3,5,7-9,11,16-17,20,34H,4,6,10,29H2,1-2H3,(H,32,35). The molecule has 0 bridgehead atoms. The summed E-state index contributed by atoms with van der Waals surface area (Å²) in [6, 6.07) is 3.02. The highest BCUT2D eigenvalue weighted by Crippen LogP contribution is 2.33. The first-order valence-electron chi connectivity index (χ1n) is 11.2. The van der Waals surface area contributed by atoms with Gasteiger partial charge in [0.2, 0.25) is 0 Å². The molecule has 0 spiro atoms. The number of rotatable bonds is 5. The van der Waals surface area contributed by atoms with Gasteiger partial charge in [0.05, 0.1) is 35.9 Å². The van der Waals surface area contributed by atoms with Gasteiger partial charge in [0, 0.05) is 13.1 Å². The average molecular weight is 507 g/mol. The fourth-order valence-corrected chi connectivity index (χ4v) is 4.07. The number of nitrogens with zero attached hydrogens (tertiary/aromatic N) is 3. The number of aliphatic hydroxyl groups is 1. The second-order valence-corrected chi connectivity index (χ2v) is 8.66. The zero-order chi connectivity index (χ0) is 26.1. The van der Waals surface area contributed by atoms with Crippen molar-refractivity contribution in [1.82, 2.24) is 14.8 Å². The Morgan fingerprint density at radius 2 is 1.92 bits per heavy atom. The van der Waals surface area contributed by atoms with Crippen LogP contribution in [-0.2, 0) is 11.8 Å². The maximum atomic E-state index is 14.6. The summed E-state index contributed by atoms with van der Waals surface area (Å²) in [5.74, 6) is -4.11. The molecular formula is C24H25F4N5O3. The molecule has 4 N–H and O–H groups in total. The van der Waals surface area contributed by atoms with E-state index in [0.29, 0.717) is 18.5 Å². The highest BCUT2D eigenvalue weighted by Gasteiger charge is 2.30. The van der Waals surface area contributed by atoms with Gasteiger partial charge in [0.1, 0.15) is 41.1 Å². The van der Waals surface area contributed by atoms with E-state index in [0.717, 1.165) is 24.3 Å². The van der Waals surface area contributed by atoms with Crippen molar-refractivity contribution in [1.29, 1.82) is 0 Å². The monoisotopic (exact) mass is 507 g/mol. The van der Waals surface area contributed by atoms with Crippen LogP contribution < -0.4 is 11.1 Å². The van der Waals surface area contributed by atoms with Crippen molar-refractivity contribution in [3.8, 4) is 11.3 Å². The second kappa shape index (κ2) is 10.3. The maximum absolute atomic E-state index is 14.6. The Kier molecular flexibility index (Phi) is 7.38. The number of aryl methyl sites for hydroxylation is 1. The lowest BCUT2D eigenvalue weighted by Gasteiger charge is -2.18. The Morgan fingerprint density at radius 1 is 1.22 bits per heavy atom. The number of benzene rings is 1. The summed E-state index contributed by atoms with van der Waals surface area (Å²) in [5, 5.41) is 16.3. The summed E-state index contributed by atoms with van der Waals surface area (Å²) >= 11 is 0. The van der Waals surface area contributed by atoms with E-state index in [-0.39, 0.29) is 23.6 Å². The SMILES string of the molecule is CC(O)c1cc(F)c(-c2nc(C(=O)Nc3cnn(C)c3C3CCC(N)C(F)CO3)ccc2F)c(F)c1. The number of halogens is 4. The molecule has 1 amide bonds. The largest absolute Gasteiger partial charge is 0.389 e. The van der Waals surface area contributed by atoms with Crippen molar-refractivity contribution in [2.24, 2.45) is 12.8 Å². The van der Waals surface area contributed by atoms with Gasteiger partial charge in [-0.1, -0.05) is 0 Å². The van der Waals surface area contributed by atoms with Crippen LogP contribution in [0.1, 0.15) is 53.7 Å². The molecule has 4 unspecified atom stereocenters. The van der Waals surface area contributed by atoms with Gasteiger partial charge < -0.3 is 20.9 Å². The minimum atomic E-state index is -1.32. The molecule has 4 rings (SSSR count). The number of carbonyl (C=O) groups excluding carboxylic acids is 1. The van der Waals surface area contributed by atoms with Crippen LogP contribution in [0.25, 0.3) is 11.3 Å².